The Morgan fingerprint density at radius 3 is 2.60 bits per heavy atom. The Bertz CT molecular complexity index is 581. The quantitative estimate of drug-likeness (QED) is 0.544. The maximum atomic E-state index is 10.7. The Morgan fingerprint density at radius 2 is 2.00 bits per heavy atom. The average Bonchev–Trinajstić information content (AvgIpc) is 2.41. The lowest BCUT2D eigenvalue weighted by Gasteiger charge is -2.10. The van der Waals surface area contributed by atoms with Crippen LogP contribution >= 0.6 is 10.7 Å². The zero-order valence-electron chi connectivity index (χ0n) is 11.1. The summed E-state index contributed by atoms with van der Waals surface area (Å²) < 4.78 is 32.1. The maximum absolute atomic E-state index is 10.7. The topological polar surface area (TPSA) is 76.4 Å². The van der Waals surface area contributed by atoms with E-state index in [9.17, 15) is 8.42 Å². The minimum Gasteiger partial charge on any atom is -0.493 e. The molecule has 0 aromatic heterocycles. The molecule has 0 aliphatic rings. The van der Waals surface area contributed by atoms with Crippen LogP contribution < -0.4 is 9.47 Å². The van der Waals surface area contributed by atoms with Crippen LogP contribution in [0.4, 0.5) is 0 Å². The third-order valence-electron chi connectivity index (χ3n) is 2.58. The van der Waals surface area contributed by atoms with Crippen LogP contribution in [0.2, 0.25) is 0 Å². The van der Waals surface area contributed by atoms with Gasteiger partial charge in [-0.1, -0.05) is 0 Å². The molecule has 1 aromatic rings. The van der Waals surface area contributed by atoms with Gasteiger partial charge >= 0.3 is 0 Å². The fourth-order valence-electron chi connectivity index (χ4n) is 1.59. The number of unbranched alkanes of at least 4 members (excludes halogenated alkanes) is 2. The Morgan fingerprint density at radius 1 is 1.25 bits per heavy atom. The van der Waals surface area contributed by atoms with Crippen LogP contribution in [-0.2, 0) is 9.05 Å². The molecule has 0 atom stereocenters. The van der Waals surface area contributed by atoms with Crippen LogP contribution in [0.1, 0.15) is 24.8 Å². The van der Waals surface area contributed by atoms with E-state index >= 15 is 0 Å². The lowest BCUT2D eigenvalue weighted by Crippen LogP contribution is -2.02. The van der Waals surface area contributed by atoms with Gasteiger partial charge in [-0.3, -0.25) is 0 Å². The van der Waals surface area contributed by atoms with E-state index in [4.69, 9.17) is 25.4 Å². The number of nitrogens with zero attached hydrogens (tertiary/aromatic N) is 1. The normalized spacial score (nSPS) is 10.8. The average molecular weight is 318 g/mol. The molecule has 0 fully saturated rings. The molecule has 0 heterocycles. The van der Waals surface area contributed by atoms with Gasteiger partial charge in [-0.05, 0) is 31.4 Å². The van der Waals surface area contributed by atoms with Crippen LogP contribution in [0.5, 0.6) is 11.5 Å². The van der Waals surface area contributed by atoms with Crippen molar-refractivity contribution in [2.75, 3.05) is 19.5 Å². The molecule has 0 N–H and O–H groups in total. The molecule has 0 spiro atoms. The lowest BCUT2D eigenvalue weighted by molar-refractivity contribution is 0.286. The third-order valence-corrected chi connectivity index (χ3v) is 3.82. The Balaban J connectivity index is 2.37. The van der Waals surface area contributed by atoms with Gasteiger partial charge in [0, 0.05) is 16.7 Å². The summed E-state index contributed by atoms with van der Waals surface area (Å²) in [7, 11) is 3.22. The van der Waals surface area contributed by atoms with E-state index in [2.05, 4.69) is 0 Å². The molecule has 110 valence electrons. The van der Waals surface area contributed by atoms with Gasteiger partial charge in [0.2, 0.25) is 9.05 Å². The van der Waals surface area contributed by atoms with Crippen LogP contribution in [0.3, 0.4) is 0 Å². The summed E-state index contributed by atoms with van der Waals surface area (Å²) in [5, 5.41) is 8.78. The minimum absolute atomic E-state index is 0.0191. The zero-order valence-corrected chi connectivity index (χ0v) is 12.7. The van der Waals surface area contributed by atoms with E-state index in [1.54, 1.807) is 18.2 Å². The standard InChI is InChI=1S/C13H16ClNO4S/c1-18-13-9-11(10-15)5-6-12(13)19-7-3-2-4-8-20(14,16)17/h5-6,9H,2-4,7-8H2,1H3. The first-order valence-electron chi connectivity index (χ1n) is 6.09. The molecule has 0 saturated carbocycles. The van der Waals surface area contributed by atoms with Gasteiger partial charge < -0.3 is 9.47 Å². The summed E-state index contributed by atoms with van der Waals surface area (Å²) in [4.78, 5) is 0. The summed E-state index contributed by atoms with van der Waals surface area (Å²) in [6.45, 7) is 0.449. The number of rotatable bonds is 8. The molecule has 7 heteroatoms. The summed E-state index contributed by atoms with van der Waals surface area (Å²) in [5.74, 6) is 1.05. The van der Waals surface area contributed by atoms with Gasteiger partial charge in [0.1, 0.15) is 0 Å². The van der Waals surface area contributed by atoms with Gasteiger partial charge in [0.05, 0.1) is 31.1 Å². The molecule has 1 aromatic carbocycles. The van der Waals surface area contributed by atoms with Crippen LogP contribution in [0.25, 0.3) is 0 Å². The lowest BCUT2D eigenvalue weighted by atomic mass is 10.2. The highest BCUT2D eigenvalue weighted by molar-refractivity contribution is 8.13. The smallest absolute Gasteiger partial charge is 0.232 e. The summed E-state index contributed by atoms with van der Waals surface area (Å²) in [6.07, 6.45) is 1.94. The predicted molar refractivity (Wildman–Crippen MR) is 76.7 cm³/mol. The summed E-state index contributed by atoms with van der Waals surface area (Å²) >= 11 is 0. The molecule has 0 bridgehead atoms. The fraction of sp³-hybridized carbons (Fsp3) is 0.462. The van der Waals surface area contributed by atoms with Gasteiger partial charge in [-0.2, -0.15) is 5.26 Å². The first-order chi connectivity index (χ1) is 9.46. The second-order valence-corrected chi connectivity index (χ2v) is 7.03. The Kier molecular flexibility index (Phi) is 6.62. The van der Waals surface area contributed by atoms with Crippen molar-refractivity contribution in [3.63, 3.8) is 0 Å². The van der Waals surface area contributed by atoms with Crippen molar-refractivity contribution in [2.45, 2.75) is 19.3 Å². The molecule has 0 aliphatic heterocycles. The molecular weight excluding hydrogens is 302 g/mol. The molecule has 5 nitrogen and oxygen atoms in total. The van der Waals surface area contributed by atoms with E-state index < -0.39 is 9.05 Å². The summed E-state index contributed by atoms with van der Waals surface area (Å²) in [6, 6.07) is 6.96. The maximum Gasteiger partial charge on any atom is 0.232 e. The number of nitriles is 1. The van der Waals surface area contributed by atoms with E-state index in [0.29, 0.717) is 36.5 Å². The van der Waals surface area contributed by atoms with Crippen molar-refractivity contribution in [3.05, 3.63) is 23.8 Å². The van der Waals surface area contributed by atoms with Crippen LogP contribution in [0.15, 0.2) is 18.2 Å². The first kappa shape index (κ1) is 16.6. The van der Waals surface area contributed by atoms with Gasteiger partial charge in [-0.25, -0.2) is 8.42 Å². The summed E-state index contributed by atoms with van der Waals surface area (Å²) in [5.41, 5.74) is 0.501. The van der Waals surface area contributed by atoms with Gasteiger partial charge in [0.25, 0.3) is 0 Å². The predicted octanol–water partition coefficient (Wildman–Crippen LogP) is 2.68. The van der Waals surface area contributed by atoms with Crippen molar-refractivity contribution in [2.24, 2.45) is 0 Å². The Labute approximate surface area is 123 Å². The van der Waals surface area contributed by atoms with E-state index in [0.717, 1.165) is 6.42 Å². The SMILES string of the molecule is COc1cc(C#N)ccc1OCCCCCS(=O)(=O)Cl. The van der Waals surface area contributed by atoms with Gasteiger partial charge in [0.15, 0.2) is 11.5 Å². The molecule has 1 rings (SSSR count). The second kappa shape index (κ2) is 7.98. The number of benzene rings is 1. The monoisotopic (exact) mass is 317 g/mol. The van der Waals surface area contributed by atoms with Crippen LogP contribution in [-0.4, -0.2) is 27.9 Å². The van der Waals surface area contributed by atoms with E-state index in [1.807, 2.05) is 6.07 Å². The molecule has 0 amide bonds. The highest BCUT2D eigenvalue weighted by atomic mass is 35.7. The zero-order chi connectivity index (χ0) is 15.0. The van der Waals surface area contributed by atoms with Crippen molar-refractivity contribution in [1.82, 2.24) is 0 Å². The third kappa shape index (κ3) is 6.13. The molecule has 0 saturated heterocycles. The molecule has 0 aliphatic carbocycles. The van der Waals surface area contributed by atoms with E-state index in [1.165, 1.54) is 7.11 Å². The molecule has 0 unspecified atom stereocenters. The molecular formula is C13H16ClNO4S. The van der Waals surface area contributed by atoms with Crippen molar-refractivity contribution < 1.29 is 17.9 Å². The van der Waals surface area contributed by atoms with Gasteiger partial charge in [-0.15, -0.1) is 0 Å². The number of methoxy groups -OCH3 is 1. The Hall–Kier alpha value is -1.45. The number of ether oxygens (including phenoxy) is 2. The first-order valence-corrected chi connectivity index (χ1v) is 8.57. The number of hydrogen-bond donors (Lipinski definition) is 0. The molecule has 0 radical (unpaired) electrons. The fourth-order valence-corrected chi connectivity index (χ4v) is 2.47. The van der Waals surface area contributed by atoms with E-state index in [-0.39, 0.29) is 5.75 Å². The van der Waals surface area contributed by atoms with Crippen molar-refractivity contribution in [3.8, 4) is 17.6 Å². The second-order valence-electron chi connectivity index (χ2n) is 4.13. The number of hydrogen-bond acceptors (Lipinski definition) is 5. The largest absolute Gasteiger partial charge is 0.493 e. The minimum atomic E-state index is -3.40. The van der Waals surface area contributed by atoms with Crippen molar-refractivity contribution in [1.29, 1.82) is 5.26 Å². The highest BCUT2D eigenvalue weighted by Gasteiger charge is 2.06. The van der Waals surface area contributed by atoms with Crippen LogP contribution in [0, 0.1) is 11.3 Å². The number of halogens is 1. The van der Waals surface area contributed by atoms with Crippen molar-refractivity contribution >= 4 is 19.7 Å². The molecule has 20 heavy (non-hydrogen) atoms. The highest BCUT2D eigenvalue weighted by Crippen LogP contribution is 2.27.